The maximum Gasteiger partial charge on any atom is 0.0653 e. The fourth-order valence-corrected chi connectivity index (χ4v) is 2.03. The monoisotopic (exact) mass is 201 g/mol. The van der Waals surface area contributed by atoms with Crippen molar-refractivity contribution in [2.24, 2.45) is 0 Å². The number of aromatic nitrogens is 1. The zero-order chi connectivity index (χ0) is 10.3. The number of aryl methyl sites for hydroxylation is 1. The third-order valence-corrected chi connectivity index (χ3v) is 3.27. The average Bonchev–Trinajstić information content (AvgIpc) is 2.83. The van der Waals surface area contributed by atoms with Gasteiger partial charge in [0.25, 0.3) is 0 Å². The Morgan fingerprint density at radius 1 is 1.27 bits per heavy atom. The lowest BCUT2D eigenvalue weighted by atomic mass is 10.1. The molecule has 1 heterocycles. The van der Waals surface area contributed by atoms with Gasteiger partial charge in [0.1, 0.15) is 0 Å². The van der Waals surface area contributed by atoms with Gasteiger partial charge >= 0.3 is 0 Å². The molecule has 1 fully saturated rings. The van der Waals surface area contributed by atoms with Crippen molar-refractivity contribution in [3.63, 3.8) is 0 Å². The molecule has 2 aromatic rings. The van der Waals surface area contributed by atoms with E-state index in [1.165, 1.54) is 16.6 Å². The molecule has 1 aromatic heterocycles. The summed E-state index contributed by atoms with van der Waals surface area (Å²) in [5.74, 6) is 0. The summed E-state index contributed by atoms with van der Waals surface area (Å²) < 4.78 is 0. The van der Waals surface area contributed by atoms with E-state index in [1.807, 2.05) is 12.1 Å². The van der Waals surface area contributed by atoms with E-state index in [0.717, 1.165) is 25.7 Å². The summed E-state index contributed by atoms with van der Waals surface area (Å²) in [4.78, 5) is 3.38. The van der Waals surface area contributed by atoms with Crippen molar-refractivity contribution in [3.05, 3.63) is 36.0 Å². The summed E-state index contributed by atoms with van der Waals surface area (Å²) in [6.07, 6.45) is 3.80. The van der Waals surface area contributed by atoms with Crippen LogP contribution in [0.5, 0.6) is 0 Å². The number of hydrogen-bond acceptors (Lipinski definition) is 1. The molecule has 0 radical (unpaired) electrons. The van der Waals surface area contributed by atoms with E-state index in [1.54, 1.807) is 0 Å². The lowest BCUT2D eigenvalue weighted by Crippen LogP contribution is -2.07. The molecule has 0 unspecified atom stereocenters. The number of H-pyrrole nitrogens is 1. The first-order valence-electron chi connectivity index (χ1n) is 5.54. The number of aromatic amines is 1. The lowest BCUT2D eigenvalue weighted by Gasteiger charge is -2.04. The number of fused-ring (bicyclic) bond motifs is 1. The second-order valence-electron chi connectivity index (χ2n) is 4.61. The van der Waals surface area contributed by atoms with Crippen molar-refractivity contribution in [1.29, 1.82) is 0 Å². The molecule has 2 heteroatoms. The van der Waals surface area contributed by atoms with Crippen LogP contribution in [0.15, 0.2) is 30.3 Å². The molecule has 78 valence electrons. The molecule has 2 N–H and O–H groups in total. The Hall–Kier alpha value is -1.28. The van der Waals surface area contributed by atoms with Crippen molar-refractivity contribution in [3.8, 4) is 0 Å². The van der Waals surface area contributed by atoms with Crippen molar-refractivity contribution in [1.82, 2.24) is 4.98 Å². The van der Waals surface area contributed by atoms with E-state index in [-0.39, 0.29) is 5.60 Å². The third-order valence-electron chi connectivity index (χ3n) is 3.27. The lowest BCUT2D eigenvalue weighted by molar-refractivity contribution is 0.140. The maximum absolute atomic E-state index is 9.75. The Morgan fingerprint density at radius 3 is 2.80 bits per heavy atom. The van der Waals surface area contributed by atoms with Gasteiger partial charge in [0.2, 0.25) is 0 Å². The van der Waals surface area contributed by atoms with Gasteiger partial charge in [-0.15, -0.1) is 0 Å². The van der Waals surface area contributed by atoms with Gasteiger partial charge < -0.3 is 10.1 Å². The van der Waals surface area contributed by atoms with Crippen LogP contribution in [-0.4, -0.2) is 15.7 Å². The molecule has 1 saturated carbocycles. The zero-order valence-electron chi connectivity index (χ0n) is 8.66. The topological polar surface area (TPSA) is 36.0 Å². The van der Waals surface area contributed by atoms with Gasteiger partial charge in [-0.3, -0.25) is 0 Å². The van der Waals surface area contributed by atoms with Gasteiger partial charge in [-0.2, -0.15) is 0 Å². The summed E-state index contributed by atoms with van der Waals surface area (Å²) in [5, 5.41) is 11.0. The highest BCUT2D eigenvalue weighted by Crippen LogP contribution is 2.39. The first-order valence-corrected chi connectivity index (χ1v) is 5.54. The van der Waals surface area contributed by atoms with Crippen LogP contribution in [0.4, 0.5) is 0 Å². The Kier molecular flexibility index (Phi) is 1.86. The van der Waals surface area contributed by atoms with Crippen molar-refractivity contribution >= 4 is 10.9 Å². The molecular weight excluding hydrogens is 186 g/mol. The van der Waals surface area contributed by atoms with Crippen LogP contribution in [0.25, 0.3) is 10.9 Å². The van der Waals surface area contributed by atoms with Crippen LogP contribution in [0.1, 0.15) is 25.0 Å². The predicted octanol–water partition coefficient (Wildman–Crippen LogP) is 2.63. The molecule has 1 aliphatic rings. The number of hydrogen-bond donors (Lipinski definition) is 2. The van der Waals surface area contributed by atoms with Crippen LogP contribution < -0.4 is 0 Å². The molecule has 0 bridgehead atoms. The quantitative estimate of drug-likeness (QED) is 0.786. The molecule has 0 amide bonds. The van der Waals surface area contributed by atoms with E-state index in [2.05, 4.69) is 23.2 Å². The molecule has 2 nitrogen and oxygen atoms in total. The number of nitrogens with one attached hydrogen (secondary N) is 1. The van der Waals surface area contributed by atoms with Gasteiger partial charge in [0, 0.05) is 11.2 Å². The van der Waals surface area contributed by atoms with Crippen LogP contribution >= 0.6 is 0 Å². The van der Waals surface area contributed by atoms with Crippen LogP contribution in [0.2, 0.25) is 0 Å². The average molecular weight is 201 g/mol. The Labute approximate surface area is 88.9 Å². The SMILES string of the molecule is OC1(CCc2cc3ccccc3[nH]2)CC1. The molecular formula is C13H15NO. The number of para-hydroxylation sites is 1. The smallest absolute Gasteiger partial charge is 0.0653 e. The number of rotatable bonds is 3. The van der Waals surface area contributed by atoms with E-state index in [4.69, 9.17) is 0 Å². The van der Waals surface area contributed by atoms with Gasteiger partial charge in [-0.1, -0.05) is 18.2 Å². The highest BCUT2D eigenvalue weighted by atomic mass is 16.3. The molecule has 0 saturated heterocycles. The summed E-state index contributed by atoms with van der Waals surface area (Å²) in [6.45, 7) is 0. The van der Waals surface area contributed by atoms with E-state index >= 15 is 0 Å². The molecule has 0 spiro atoms. The fourth-order valence-electron chi connectivity index (χ4n) is 2.03. The summed E-state index contributed by atoms with van der Waals surface area (Å²) in [5.41, 5.74) is 2.09. The summed E-state index contributed by atoms with van der Waals surface area (Å²) in [7, 11) is 0. The van der Waals surface area contributed by atoms with Gasteiger partial charge in [0.15, 0.2) is 0 Å². The second-order valence-corrected chi connectivity index (χ2v) is 4.61. The largest absolute Gasteiger partial charge is 0.390 e. The molecule has 3 rings (SSSR count). The minimum absolute atomic E-state index is 0.336. The first kappa shape index (κ1) is 8.98. The third kappa shape index (κ3) is 1.77. The normalized spacial score (nSPS) is 18.2. The number of benzene rings is 1. The molecule has 1 aliphatic carbocycles. The van der Waals surface area contributed by atoms with Gasteiger partial charge in [-0.25, -0.2) is 0 Å². The predicted molar refractivity (Wildman–Crippen MR) is 60.8 cm³/mol. The molecule has 0 aliphatic heterocycles. The molecule has 15 heavy (non-hydrogen) atoms. The van der Waals surface area contributed by atoms with Crippen molar-refractivity contribution in [2.75, 3.05) is 0 Å². The van der Waals surface area contributed by atoms with Crippen molar-refractivity contribution in [2.45, 2.75) is 31.3 Å². The van der Waals surface area contributed by atoms with Crippen LogP contribution in [-0.2, 0) is 6.42 Å². The second kappa shape index (κ2) is 3.11. The highest BCUT2D eigenvalue weighted by molar-refractivity contribution is 5.80. The maximum atomic E-state index is 9.75. The standard InChI is InChI=1S/C13H15NO/c15-13(7-8-13)6-5-11-9-10-3-1-2-4-12(10)14-11/h1-4,9,14-15H,5-8H2. The number of aliphatic hydroxyl groups is 1. The highest BCUT2D eigenvalue weighted by Gasteiger charge is 2.39. The van der Waals surface area contributed by atoms with E-state index in [9.17, 15) is 5.11 Å². The summed E-state index contributed by atoms with van der Waals surface area (Å²) in [6, 6.07) is 10.5. The molecule has 1 aromatic carbocycles. The Balaban J connectivity index is 1.79. The van der Waals surface area contributed by atoms with Gasteiger partial charge in [-0.05, 0) is 43.2 Å². The fraction of sp³-hybridized carbons (Fsp3) is 0.385. The molecule has 0 atom stereocenters. The summed E-state index contributed by atoms with van der Waals surface area (Å²) >= 11 is 0. The van der Waals surface area contributed by atoms with Crippen molar-refractivity contribution < 1.29 is 5.11 Å². The minimum Gasteiger partial charge on any atom is -0.390 e. The zero-order valence-corrected chi connectivity index (χ0v) is 8.66. The Bertz CT molecular complexity index is 449. The van der Waals surface area contributed by atoms with Crippen LogP contribution in [0, 0.1) is 0 Å². The Morgan fingerprint density at radius 2 is 2.07 bits per heavy atom. The van der Waals surface area contributed by atoms with Gasteiger partial charge in [0.05, 0.1) is 5.60 Å². The van der Waals surface area contributed by atoms with Crippen LogP contribution in [0.3, 0.4) is 0 Å². The first-order chi connectivity index (χ1) is 7.25. The van der Waals surface area contributed by atoms with E-state index < -0.39 is 0 Å². The minimum atomic E-state index is -0.336. The van der Waals surface area contributed by atoms with E-state index in [0.29, 0.717) is 0 Å².